The molecule has 0 saturated heterocycles. The van der Waals surface area contributed by atoms with Crippen LogP contribution in [0.25, 0.3) is 0 Å². The molecule has 0 fully saturated rings. The number of aryl methyl sites for hydroxylation is 1. The lowest BCUT2D eigenvalue weighted by Gasteiger charge is -2.31. The van der Waals surface area contributed by atoms with Gasteiger partial charge in [-0.25, -0.2) is 21.9 Å². The highest BCUT2D eigenvalue weighted by Crippen LogP contribution is 2.34. The van der Waals surface area contributed by atoms with Gasteiger partial charge in [-0.15, -0.1) is 5.10 Å². The molecule has 2 aromatic carbocycles. The summed E-state index contributed by atoms with van der Waals surface area (Å²) in [7, 11) is -4.02. The highest BCUT2D eigenvalue weighted by atomic mass is 35.5. The second kappa shape index (κ2) is 10.5. The Balaban J connectivity index is 1.86. The standard InChI is InChI=1S/C25H26ClF2N5O2S/c1-4-32-25(29-30-31-32)15-33(36(34,35)20-11-16(2)10-17(3)12-20)24-9-8-19(26)13-18(24)14-21-22(27)6-5-7-23(21)28/h5-11,13,20H,4,12,14-15H2,1-3H3. The summed E-state index contributed by atoms with van der Waals surface area (Å²) in [6, 6.07) is 8.24. The number of rotatable bonds is 8. The van der Waals surface area contributed by atoms with Gasteiger partial charge < -0.3 is 0 Å². The molecule has 1 atom stereocenters. The van der Waals surface area contributed by atoms with E-state index in [1.54, 1.807) is 18.2 Å². The van der Waals surface area contributed by atoms with E-state index < -0.39 is 26.9 Å². The summed E-state index contributed by atoms with van der Waals surface area (Å²) in [4.78, 5) is 0. The van der Waals surface area contributed by atoms with Gasteiger partial charge in [-0.2, -0.15) is 0 Å². The molecule has 11 heteroatoms. The van der Waals surface area contributed by atoms with E-state index in [4.69, 9.17) is 11.6 Å². The number of hydrogen-bond donors (Lipinski definition) is 0. The van der Waals surface area contributed by atoms with Crippen molar-refractivity contribution < 1.29 is 17.2 Å². The average Bonchev–Trinajstić information content (AvgIpc) is 3.27. The Morgan fingerprint density at radius 1 is 1.17 bits per heavy atom. The predicted molar refractivity (Wildman–Crippen MR) is 135 cm³/mol. The van der Waals surface area contributed by atoms with Crippen LogP contribution in [0.4, 0.5) is 14.5 Å². The van der Waals surface area contributed by atoms with Gasteiger partial charge in [0, 0.05) is 23.6 Å². The number of sulfonamides is 1. The Morgan fingerprint density at radius 3 is 2.56 bits per heavy atom. The van der Waals surface area contributed by atoms with E-state index in [1.165, 1.54) is 21.1 Å². The first-order valence-corrected chi connectivity index (χ1v) is 13.3. The molecule has 7 nitrogen and oxygen atoms in total. The van der Waals surface area contributed by atoms with Crippen LogP contribution in [0.1, 0.15) is 44.1 Å². The Kier molecular flexibility index (Phi) is 7.56. The third kappa shape index (κ3) is 5.34. The molecule has 0 N–H and O–H groups in total. The lowest BCUT2D eigenvalue weighted by Crippen LogP contribution is -2.40. The zero-order valence-electron chi connectivity index (χ0n) is 20.1. The fraction of sp³-hybridized carbons (Fsp3) is 0.320. The molecule has 1 aliphatic carbocycles. The summed E-state index contributed by atoms with van der Waals surface area (Å²) < 4.78 is 60.0. The molecule has 1 aliphatic rings. The van der Waals surface area contributed by atoms with Crippen molar-refractivity contribution in [1.82, 2.24) is 20.2 Å². The van der Waals surface area contributed by atoms with Gasteiger partial charge >= 0.3 is 0 Å². The van der Waals surface area contributed by atoms with Crippen molar-refractivity contribution in [3.63, 3.8) is 0 Å². The van der Waals surface area contributed by atoms with Crippen molar-refractivity contribution in [3.8, 4) is 0 Å². The van der Waals surface area contributed by atoms with E-state index in [-0.39, 0.29) is 24.2 Å². The number of hydrogen-bond acceptors (Lipinski definition) is 5. The zero-order valence-corrected chi connectivity index (χ0v) is 21.7. The van der Waals surface area contributed by atoms with Crippen LogP contribution in [-0.2, 0) is 29.5 Å². The molecule has 0 bridgehead atoms. The predicted octanol–water partition coefficient (Wildman–Crippen LogP) is 5.22. The first-order valence-electron chi connectivity index (χ1n) is 11.4. The molecule has 0 spiro atoms. The maximum absolute atomic E-state index is 14.5. The molecule has 1 aromatic heterocycles. The molecule has 0 radical (unpaired) electrons. The summed E-state index contributed by atoms with van der Waals surface area (Å²) >= 11 is 6.25. The average molecular weight is 534 g/mol. The van der Waals surface area contributed by atoms with Crippen LogP contribution in [0.3, 0.4) is 0 Å². The Morgan fingerprint density at radius 2 is 1.89 bits per heavy atom. The molecule has 0 aliphatic heterocycles. The van der Waals surface area contributed by atoms with Crippen LogP contribution >= 0.6 is 11.6 Å². The number of aromatic nitrogens is 4. The number of tetrazole rings is 1. The van der Waals surface area contributed by atoms with E-state index in [2.05, 4.69) is 15.5 Å². The molecule has 1 heterocycles. The number of halogens is 3. The minimum Gasteiger partial charge on any atom is -0.262 e. The molecular weight excluding hydrogens is 508 g/mol. The van der Waals surface area contributed by atoms with Gasteiger partial charge in [0.25, 0.3) is 0 Å². The number of benzene rings is 2. The molecule has 4 rings (SSSR count). The van der Waals surface area contributed by atoms with Crippen molar-refractivity contribution in [2.45, 2.75) is 52.0 Å². The van der Waals surface area contributed by atoms with Crippen molar-refractivity contribution in [2.75, 3.05) is 4.31 Å². The first kappa shape index (κ1) is 26.0. The van der Waals surface area contributed by atoms with Gasteiger partial charge in [0.15, 0.2) is 5.82 Å². The quantitative estimate of drug-likeness (QED) is 0.397. The largest absolute Gasteiger partial charge is 0.262 e. The first-order chi connectivity index (χ1) is 17.1. The second-order valence-corrected chi connectivity index (χ2v) is 11.3. The van der Waals surface area contributed by atoms with E-state index in [1.807, 2.05) is 26.8 Å². The third-order valence-electron chi connectivity index (χ3n) is 6.07. The van der Waals surface area contributed by atoms with Crippen molar-refractivity contribution in [2.24, 2.45) is 0 Å². The summed E-state index contributed by atoms with van der Waals surface area (Å²) in [5.41, 5.74) is 2.21. The lowest BCUT2D eigenvalue weighted by molar-refractivity contribution is 0.561. The van der Waals surface area contributed by atoms with Crippen molar-refractivity contribution in [3.05, 3.63) is 93.3 Å². The maximum Gasteiger partial charge on any atom is 0.242 e. The molecule has 0 saturated carbocycles. The van der Waals surface area contributed by atoms with E-state index in [0.29, 0.717) is 29.4 Å². The van der Waals surface area contributed by atoms with E-state index in [9.17, 15) is 17.2 Å². The Hall–Kier alpha value is -3.11. The minimum absolute atomic E-state index is 0.163. The molecule has 36 heavy (non-hydrogen) atoms. The summed E-state index contributed by atoms with van der Waals surface area (Å²) in [6.45, 7) is 5.85. The number of allylic oxidation sites excluding steroid dienone is 3. The fourth-order valence-corrected chi connectivity index (χ4v) is 6.50. The lowest BCUT2D eigenvalue weighted by atomic mass is 10.0. The van der Waals surface area contributed by atoms with Crippen molar-refractivity contribution >= 4 is 27.3 Å². The van der Waals surface area contributed by atoms with E-state index >= 15 is 0 Å². The minimum atomic E-state index is -4.02. The van der Waals surface area contributed by atoms with Gasteiger partial charge in [0.1, 0.15) is 16.9 Å². The van der Waals surface area contributed by atoms with Crippen LogP contribution in [0.5, 0.6) is 0 Å². The van der Waals surface area contributed by atoms with Gasteiger partial charge in [0.05, 0.1) is 12.2 Å². The third-order valence-corrected chi connectivity index (χ3v) is 8.31. The van der Waals surface area contributed by atoms with E-state index in [0.717, 1.165) is 23.3 Å². The van der Waals surface area contributed by atoms with Gasteiger partial charge in [-0.3, -0.25) is 4.31 Å². The Bertz CT molecular complexity index is 1430. The van der Waals surface area contributed by atoms with Crippen LogP contribution in [-0.4, -0.2) is 33.9 Å². The summed E-state index contributed by atoms with van der Waals surface area (Å²) in [5, 5.41) is 11.1. The Labute approximate surface area is 214 Å². The molecular formula is C25H26ClF2N5O2S. The summed E-state index contributed by atoms with van der Waals surface area (Å²) in [5.74, 6) is -1.11. The van der Waals surface area contributed by atoms with Crippen LogP contribution < -0.4 is 4.31 Å². The highest BCUT2D eigenvalue weighted by molar-refractivity contribution is 7.93. The topological polar surface area (TPSA) is 81.0 Å². The molecule has 190 valence electrons. The monoisotopic (exact) mass is 533 g/mol. The normalized spacial score (nSPS) is 16.0. The van der Waals surface area contributed by atoms with Crippen LogP contribution in [0.15, 0.2) is 59.7 Å². The summed E-state index contributed by atoms with van der Waals surface area (Å²) in [6.07, 6.45) is 3.78. The molecule has 1 unspecified atom stereocenters. The fourth-order valence-electron chi connectivity index (χ4n) is 4.37. The number of nitrogens with zero attached hydrogens (tertiary/aromatic N) is 5. The molecule has 0 amide bonds. The van der Waals surface area contributed by atoms with Crippen molar-refractivity contribution in [1.29, 1.82) is 0 Å². The van der Waals surface area contributed by atoms with Crippen LogP contribution in [0, 0.1) is 11.6 Å². The highest BCUT2D eigenvalue weighted by Gasteiger charge is 2.35. The van der Waals surface area contributed by atoms with Gasteiger partial charge in [-0.05, 0) is 73.5 Å². The maximum atomic E-state index is 14.5. The van der Waals surface area contributed by atoms with Gasteiger partial charge in [-0.1, -0.05) is 41.0 Å². The van der Waals surface area contributed by atoms with Crippen LogP contribution in [0.2, 0.25) is 5.02 Å². The SMILES string of the molecule is CCn1nnnc1CN(c1ccc(Cl)cc1Cc1c(F)cccc1F)S(=O)(=O)C1C=C(C)C=C(C)C1. The van der Waals surface area contributed by atoms with Gasteiger partial charge in [0.2, 0.25) is 10.0 Å². The number of anilines is 1. The smallest absolute Gasteiger partial charge is 0.242 e. The molecule has 3 aromatic rings. The second-order valence-electron chi connectivity index (χ2n) is 8.76. The zero-order chi connectivity index (χ0) is 26.0.